The number of halogens is 2. The Labute approximate surface area is 121 Å². The molecule has 0 heterocycles. The first-order valence-corrected chi connectivity index (χ1v) is 6.32. The number of nitrogens with zero attached hydrogens (tertiary/aromatic N) is 1. The Morgan fingerprint density at radius 2 is 1.84 bits per heavy atom. The van der Waals surface area contributed by atoms with Gasteiger partial charge in [-0.3, -0.25) is 4.79 Å². The third-order valence-electron chi connectivity index (χ3n) is 2.38. The van der Waals surface area contributed by atoms with E-state index in [1.807, 2.05) is 0 Å². The van der Waals surface area contributed by atoms with Crippen LogP contribution in [0.25, 0.3) is 0 Å². The molecule has 0 aliphatic heterocycles. The van der Waals surface area contributed by atoms with E-state index < -0.39 is 18.5 Å². The Morgan fingerprint density at radius 3 is 2.26 bits per heavy atom. The van der Waals surface area contributed by atoms with Gasteiger partial charge in [0.25, 0.3) is 0 Å². The van der Waals surface area contributed by atoms with E-state index in [9.17, 15) is 9.59 Å². The monoisotopic (exact) mass is 304 g/mol. The predicted molar refractivity (Wildman–Crippen MR) is 75.0 cm³/mol. The highest BCUT2D eigenvalue weighted by Gasteiger charge is 2.21. The fraction of sp³-hybridized carbons (Fsp3) is 0.333. The molecule has 104 valence electrons. The van der Waals surface area contributed by atoms with Crippen LogP contribution in [0.2, 0.25) is 10.0 Å². The number of benzene rings is 1. The second-order valence-corrected chi connectivity index (χ2v) is 4.96. The van der Waals surface area contributed by atoms with Gasteiger partial charge in [0.2, 0.25) is 0 Å². The van der Waals surface area contributed by atoms with Crippen molar-refractivity contribution in [3.8, 4) is 0 Å². The largest absolute Gasteiger partial charge is 0.480 e. The van der Waals surface area contributed by atoms with E-state index in [0.29, 0.717) is 10.0 Å². The first-order chi connectivity index (χ1) is 8.82. The molecule has 0 radical (unpaired) electrons. The summed E-state index contributed by atoms with van der Waals surface area (Å²) < 4.78 is 0. The van der Waals surface area contributed by atoms with Crippen molar-refractivity contribution in [2.45, 2.75) is 19.9 Å². The second kappa shape index (κ2) is 6.63. The molecule has 0 saturated carbocycles. The van der Waals surface area contributed by atoms with E-state index in [4.69, 9.17) is 28.3 Å². The van der Waals surface area contributed by atoms with Gasteiger partial charge in [-0.1, -0.05) is 29.3 Å². The average molecular weight is 305 g/mol. The highest BCUT2D eigenvalue weighted by Crippen LogP contribution is 2.30. The number of nitrogens with one attached hydrogen (secondary N) is 1. The molecular formula is C12H14Cl2N2O3. The number of urea groups is 1. The smallest absolute Gasteiger partial charge is 0.323 e. The summed E-state index contributed by atoms with van der Waals surface area (Å²) >= 11 is 11.9. The number of carboxylic acids is 1. The molecule has 0 aliphatic carbocycles. The summed E-state index contributed by atoms with van der Waals surface area (Å²) in [5, 5.41) is 11.9. The predicted octanol–water partition coefficient (Wildman–Crippen LogP) is 3.32. The maximum Gasteiger partial charge on any atom is 0.323 e. The van der Waals surface area contributed by atoms with E-state index in [0.717, 1.165) is 0 Å². The van der Waals surface area contributed by atoms with Crippen LogP contribution in [0.4, 0.5) is 10.5 Å². The molecule has 1 aromatic carbocycles. The quantitative estimate of drug-likeness (QED) is 0.896. The van der Waals surface area contributed by atoms with Crippen molar-refractivity contribution in [1.82, 2.24) is 4.90 Å². The third-order valence-corrected chi connectivity index (χ3v) is 3.01. The zero-order valence-electron chi connectivity index (χ0n) is 10.5. The molecule has 2 amide bonds. The zero-order valence-corrected chi connectivity index (χ0v) is 12.0. The second-order valence-electron chi connectivity index (χ2n) is 4.14. The molecule has 19 heavy (non-hydrogen) atoms. The number of carbonyl (C=O) groups excluding carboxylic acids is 1. The number of amides is 2. The summed E-state index contributed by atoms with van der Waals surface area (Å²) in [6, 6.07) is 3.99. The molecule has 0 unspecified atom stereocenters. The molecule has 0 aliphatic rings. The van der Waals surface area contributed by atoms with Crippen LogP contribution in [0, 0.1) is 0 Å². The lowest BCUT2D eigenvalue weighted by Gasteiger charge is -2.25. The maximum atomic E-state index is 12.0. The summed E-state index contributed by atoms with van der Waals surface area (Å²) in [4.78, 5) is 23.9. The Hall–Kier alpha value is -1.46. The molecule has 0 saturated heterocycles. The molecule has 1 rings (SSSR count). The molecule has 2 N–H and O–H groups in total. The van der Waals surface area contributed by atoms with Crippen LogP contribution in [0.15, 0.2) is 18.2 Å². The SMILES string of the molecule is CC(C)N(CC(=O)O)C(=O)Nc1c(Cl)cccc1Cl. The average Bonchev–Trinajstić information content (AvgIpc) is 2.30. The van der Waals surface area contributed by atoms with Crippen molar-refractivity contribution >= 4 is 40.9 Å². The van der Waals surface area contributed by atoms with Crippen LogP contribution in [0.5, 0.6) is 0 Å². The highest BCUT2D eigenvalue weighted by molar-refractivity contribution is 6.39. The summed E-state index contributed by atoms with van der Waals surface area (Å²) in [5.74, 6) is -1.09. The van der Waals surface area contributed by atoms with Gasteiger partial charge in [-0.05, 0) is 26.0 Å². The number of anilines is 1. The van der Waals surface area contributed by atoms with Gasteiger partial charge in [0.15, 0.2) is 0 Å². The molecule has 1 aromatic rings. The van der Waals surface area contributed by atoms with E-state index in [1.54, 1.807) is 32.0 Å². The molecule has 0 atom stereocenters. The lowest BCUT2D eigenvalue weighted by molar-refractivity contribution is -0.137. The maximum absolute atomic E-state index is 12.0. The van der Waals surface area contributed by atoms with Crippen molar-refractivity contribution < 1.29 is 14.7 Å². The summed E-state index contributed by atoms with van der Waals surface area (Å²) in [5.41, 5.74) is 0.270. The summed E-state index contributed by atoms with van der Waals surface area (Å²) in [6.45, 7) is 3.04. The van der Waals surface area contributed by atoms with Crippen molar-refractivity contribution in [3.63, 3.8) is 0 Å². The van der Waals surface area contributed by atoms with Gasteiger partial charge < -0.3 is 15.3 Å². The highest BCUT2D eigenvalue weighted by atomic mass is 35.5. The van der Waals surface area contributed by atoms with E-state index in [-0.39, 0.29) is 11.7 Å². The molecule has 5 nitrogen and oxygen atoms in total. The normalized spacial score (nSPS) is 10.4. The lowest BCUT2D eigenvalue weighted by atomic mass is 10.3. The molecule has 0 bridgehead atoms. The van der Waals surface area contributed by atoms with Crippen LogP contribution >= 0.6 is 23.2 Å². The van der Waals surface area contributed by atoms with Gasteiger partial charge in [-0.2, -0.15) is 0 Å². The molecule has 0 spiro atoms. The van der Waals surface area contributed by atoms with Gasteiger partial charge >= 0.3 is 12.0 Å². The van der Waals surface area contributed by atoms with E-state index in [1.165, 1.54) is 4.90 Å². The first-order valence-electron chi connectivity index (χ1n) is 5.56. The fourth-order valence-corrected chi connectivity index (χ4v) is 1.92. The number of rotatable bonds is 4. The molecule has 0 fully saturated rings. The molecule has 7 heteroatoms. The van der Waals surface area contributed by atoms with E-state index in [2.05, 4.69) is 5.32 Å². The van der Waals surface area contributed by atoms with Crippen molar-refractivity contribution in [2.75, 3.05) is 11.9 Å². The minimum atomic E-state index is -1.09. The topological polar surface area (TPSA) is 69.6 Å². The Kier molecular flexibility index (Phi) is 5.44. The minimum absolute atomic E-state index is 0.266. The van der Waals surface area contributed by atoms with Crippen molar-refractivity contribution in [1.29, 1.82) is 0 Å². The Morgan fingerprint density at radius 1 is 1.32 bits per heavy atom. The molecular weight excluding hydrogens is 291 g/mol. The standard InChI is InChI=1S/C12H14Cl2N2O3/c1-7(2)16(6-10(17)18)12(19)15-11-8(13)4-3-5-9(11)14/h3-5,7H,6H2,1-2H3,(H,15,19)(H,17,18). The Bertz CT molecular complexity index is 472. The van der Waals surface area contributed by atoms with Gasteiger partial charge in [-0.25, -0.2) is 4.79 Å². The fourth-order valence-electron chi connectivity index (χ4n) is 1.43. The lowest BCUT2D eigenvalue weighted by Crippen LogP contribution is -2.43. The van der Waals surface area contributed by atoms with Gasteiger partial charge in [-0.15, -0.1) is 0 Å². The van der Waals surface area contributed by atoms with Gasteiger partial charge in [0, 0.05) is 6.04 Å². The number of hydrogen-bond acceptors (Lipinski definition) is 2. The number of hydrogen-bond donors (Lipinski definition) is 2. The zero-order chi connectivity index (χ0) is 14.6. The van der Waals surface area contributed by atoms with Gasteiger partial charge in [0.05, 0.1) is 15.7 Å². The van der Waals surface area contributed by atoms with Crippen molar-refractivity contribution in [3.05, 3.63) is 28.2 Å². The summed E-state index contributed by atoms with van der Waals surface area (Å²) in [7, 11) is 0. The number of carbonyl (C=O) groups is 2. The van der Waals surface area contributed by atoms with Crippen LogP contribution in [-0.4, -0.2) is 34.6 Å². The number of para-hydroxylation sites is 1. The van der Waals surface area contributed by atoms with E-state index >= 15 is 0 Å². The Balaban J connectivity index is 2.90. The van der Waals surface area contributed by atoms with Crippen LogP contribution < -0.4 is 5.32 Å². The van der Waals surface area contributed by atoms with Crippen LogP contribution in [-0.2, 0) is 4.79 Å². The number of carboxylic acid groups (broad SMARTS) is 1. The first kappa shape index (κ1) is 15.6. The summed E-state index contributed by atoms with van der Waals surface area (Å²) in [6.07, 6.45) is 0. The minimum Gasteiger partial charge on any atom is -0.480 e. The van der Waals surface area contributed by atoms with Crippen LogP contribution in [0.1, 0.15) is 13.8 Å². The third kappa shape index (κ3) is 4.29. The number of aliphatic carboxylic acids is 1. The molecule has 0 aromatic heterocycles. The van der Waals surface area contributed by atoms with Crippen LogP contribution in [0.3, 0.4) is 0 Å². The van der Waals surface area contributed by atoms with Gasteiger partial charge in [0.1, 0.15) is 6.54 Å². The van der Waals surface area contributed by atoms with Crippen molar-refractivity contribution in [2.24, 2.45) is 0 Å².